The Morgan fingerprint density at radius 2 is 1.96 bits per heavy atom. The highest BCUT2D eigenvalue weighted by molar-refractivity contribution is 6.30. The zero-order valence-electron chi connectivity index (χ0n) is 14.9. The molecule has 1 amide bonds. The van der Waals surface area contributed by atoms with Crippen molar-refractivity contribution in [3.63, 3.8) is 0 Å². The van der Waals surface area contributed by atoms with Crippen LogP contribution in [0.5, 0.6) is 0 Å². The molecule has 1 aliphatic rings. The number of esters is 1. The third kappa shape index (κ3) is 5.33. The van der Waals surface area contributed by atoms with Gasteiger partial charge in [0.1, 0.15) is 0 Å². The number of hydrogen-bond acceptors (Lipinski definition) is 4. The summed E-state index contributed by atoms with van der Waals surface area (Å²) in [5.74, 6) is -0.185. The lowest BCUT2D eigenvalue weighted by molar-refractivity contribution is -0.145. The fourth-order valence-corrected chi connectivity index (χ4v) is 3.01. The molecule has 1 heterocycles. The number of carbonyl (C=O) groups excluding carboxylic acids is 2. The quantitative estimate of drug-likeness (QED) is 0.727. The molecule has 2 atom stereocenters. The van der Waals surface area contributed by atoms with Crippen molar-refractivity contribution < 1.29 is 14.3 Å². The summed E-state index contributed by atoms with van der Waals surface area (Å²) >= 11 is 5.96. The van der Waals surface area contributed by atoms with Crippen LogP contribution < -0.4 is 5.32 Å². The molecule has 0 radical (unpaired) electrons. The van der Waals surface area contributed by atoms with Gasteiger partial charge in [-0.3, -0.25) is 9.59 Å². The number of nitrogens with zero attached hydrogens (tertiary/aromatic N) is 1. The smallest absolute Gasteiger partial charge is 0.305 e. The molecule has 0 aliphatic carbocycles. The Hall–Kier alpha value is -1.30. The highest BCUT2D eigenvalue weighted by atomic mass is 35.5. The second-order valence-corrected chi connectivity index (χ2v) is 6.85. The van der Waals surface area contributed by atoms with Crippen LogP contribution in [0.1, 0.15) is 44.7 Å². The highest BCUT2D eigenvalue weighted by Gasteiger charge is 2.42. The van der Waals surface area contributed by atoms with Gasteiger partial charge in [-0.1, -0.05) is 23.7 Å². The van der Waals surface area contributed by atoms with E-state index in [0.29, 0.717) is 24.4 Å². The van der Waals surface area contributed by atoms with Gasteiger partial charge in [0.2, 0.25) is 5.91 Å². The van der Waals surface area contributed by atoms with Gasteiger partial charge >= 0.3 is 5.97 Å². The number of nitrogens with one attached hydrogen (secondary N) is 1. The lowest BCUT2D eigenvalue weighted by atomic mass is 9.87. The van der Waals surface area contributed by atoms with E-state index < -0.39 is 5.54 Å². The molecule has 0 spiro atoms. The monoisotopic (exact) mass is 388 g/mol. The summed E-state index contributed by atoms with van der Waals surface area (Å²) in [7, 11) is 1.38. The highest BCUT2D eigenvalue weighted by Crippen LogP contribution is 2.28. The van der Waals surface area contributed by atoms with Crippen LogP contribution in [-0.4, -0.2) is 42.5 Å². The lowest BCUT2D eigenvalue weighted by Crippen LogP contribution is -2.64. The number of halogens is 2. The molecule has 5 nitrogen and oxygen atoms in total. The summed E-state index contributed by atoms with van der Waals surface area (Å²) in [6.45, 7) is 5.30. The lowest BCUT2D eigenvalue weighted by Gasteiger charge is -2.44. The number of amides is 1. The van der Waals surface area contributed by atoms with Gasteiger partial charge in [-0.15, -0.1) is 12.4 Å². The molecular formula is C18H26Cl2N2O3. The van der Waals surface area contributed by atoms with Crippen LogP contribution >= 0.6 is 24.0 Å². The van der Waals surface area contributed by atoms with Crippen LogP contribution in [0.2, 0.25) is 5.02 Å². The number of rotatable bonds is 7. The molecule has 0 aromatic heterocycles. The van der Waals surface area contributed by atoms with E-state index in [2.05, 4.69) is 10.1 Å². The first kappa shape index (κ1) is 21.7. The summed E-state index contributed by atoms with van der Waals surface area (Å²) in [6.07, 6.45) is 1.71. The molecule has 0 saturated carbocycles. The molecule has 1 aromatic carbocycles. The van der Waals surface area contributed by atoms with Crippen LogP contribution in [0, 0.1) is 0 Å². The van der Waals surface area contributed by atoms with E-state index in [1.165, 1.54) is 7.11 Å². The molecular weight excluding hydrogens is 363 g/mol. The van der Waals surface area contributed by atoms with E-state index in [9.17, 15) is 9.59 Å². The van der Waals surface area contributed by atoms with Crippen molar-refractivity contribution in [3.05, 3.63) is 34.9 Å². The minimum atomic E-state index is -0.508. The Balaban J connectivity index is 0.00000312. The molecule has 1 aliphatic heterocycles. The van der Waals surface area contributed by atoms with E-state index >= 15 is 0 Å². The molecule has 7 heteroatoms. The third-order valence-electron chi connectivity index (χ3n) is 4.70. The van der Waals surface area contributed by atoms with Crippen molar-refractivity contribution in [2.45, 2.75) is 44.7 Å². The first-order chi connectivity index (χ1) is 11.4. The van der Waals surface area contributed by atoms with Crippen molar-refractivity contribution >= 4 is 35.9 Å². The predicted molar refractivity (Wildman–Crippen MR) is 101 cm³/mol. The molecule has 140 valence electrons. The van der Waals surface area contributed by atoms with Crippen molar-refractivity contribution in [2.75, 3.05) is 20.2 Å². The Labute approximate surface area is 160 Å². The van der Waals surface area contributed by atoms with Crippen LogP contribution in [0.3, 0.4) is 0 Å². The Kier molecular flexibility index (Phi) is 8.19. The zero-order chi connectivity index (χ0) is 17.7. The first-order valence-electron chi connectivity index (χ1n) is 8.26. The maximum atomic E-state index is 13.0. The average Bonchev–Trinajstić information content (AvgIpc) is 2.55. The van der Waals surface area contributed by atoms with E-state index in [1.54, 1.807) is 0 Å². The minimum absolute atomic E-state index is 0. The molecule has 0 unspecified atom stereocenters. The average molecular weight is 389 g/mol. The number of methoxy groups -OCH3 is 1. The van der Waals surface area contributed by atoms with E-state index in [-0.39, 0.29) is 30.3 Å². The normalized spacial score (nSPS) is 20.0. The summed E-state index contributed by atoms with van der Waals surface area (Å²) in [5, 5.41) is 3.89. The predicted octanol–water partition coefficient (Wildman–Crippen LogP) is 3.36. The molecule has 2 rings (SSSR count). The fourth-order valence-electron chi connectivity index (χ4n) is 2.89. The summed E-state index contributed by atoms with van der Waals surface area (Å²) < 4.78 is 4.68. The van der Waals surface area contributed by atoms with E-state index in [1.807, 2.05) is 43.0 Å². The van der Waals surface area contributed by atoms with Gasteiger partial charge in [0.25, 0.3) is 0 Å². The van der Waals surface area contributed by atoms with E-state index in [0.717, 1.165) is 18.5 Å². The SMILES string of the molecule is COC(=O)CCCN(C(=O)[C@@]1(C)CCN1)[C@@H](C)c1ccc(Cl)cc1.Cl. The van der Waals surface area contributed by atoms with Gasteiger partial charge in [-0.2, -0.15) is 0 Å². The second kappa shape index (κ2) is 9.41. The van der Waals surface area contributed by atoms with Crippen molar-refractivity contribution in [1.29, 1.82) is 0 Å². The number of carbonyl (C=O) groups is 2. The Morgan fingerprint density at radius 3 is 2.44 bits per heavy atom. The van der Waals surface area contributed by atoms with E-state index in [4.69, 9.17) is 11.6 Å². The van der Waals surface area contributed by atoms with Crippen LogP contribution in [0.4, 0.5) is 0 Å². The van der Waals surface area contributed by atoms with Crippen molar-refractivity contribution in [3.8, 4) is 0 Å². The van der Waals surface area contributed by atoms with Gasteiger partial charge in [-0.05, 0) is 50.9 Å². The van der Waals surface area contributed by atoms with Crippen molar-refractivity contribution in [1.82, 2.24) is 10.2 Å². The fraction of sp³-hybridized carbons (Fsp3) is 0.556. The maximum absolute atomic E-state index is 13.0. The molecule has 1 saturated heterocycles. The van der Waals surface area contributed by atoms with Gasteiger partial charge < -0.3 is 15.0 Å². The molecule has 1 aromatic rings. The molecule has 25 heavy (non-hydrogen) atoms. The van der Waals surface area contributed by atoms with Gasteiger partial charge in [0, 0.05) is 18.0 Å². The first-order valence-corrected chi connectivity index (χ1v) is 8.63. The Bertz CT molecular complexity index is 588. The number of ether oxygens (including phenoxy) is 1. The summed E-state index contributed by atoms with van der Waals surface area (Å²) in [4.78, 5) is 26.2. The molecule has 1 N–H and O–H groups in total. The summed E-state index contributed by atoms with van der Waals surface area (Å²) in [6, 6.07) is 7.43. The van der Waals surface area contributed by atoms with Crippen LogP contribution in [-0.2, 0) is 14.3 Å². The standard InChI is InChI=1S/C18H25ClN2O3.ClH/c1-13(14-6-8-15(19)9-7-14)21(12-4-5-16(22)24-3)17(23)18(2)10-11-20-18;/h6-9,13,20H,4-5,10-12H2,1-3H3;1H/t13-,18+;/m0./s1. The maximum Gasteiger partial charge on any atom is 0.305 e. The van der Waals surface area contributed by atoms with Gasteiger partial charge in [0.15, 0.2) is 0 Å². The van der Waals surface area contributed by atoms with Gasteiger partial charge in [0.05, 0.1) is 18.7 Å². The summed E-state index contributed by atoms with van der Waals surface area (Å²) in [5.41, 5.74) is 0.514. The molecule has 0 bridgehead atoms. The zero-order valence-corrected chi connectivity index (χ0v) is 16.5. The number of benzene rings is 1. The molecule has 1 fully saturated rings. The van der Waals surface area contributed by atoms with Crippen LogP contribution in [0.25, 0.3) is 0 Å². The Morgan fingerprint density at radius 1 is 1.36 bits per heavy atom. The van der Waals surface area contributed by atoms with Crippen molar-refractivity contribution in [2.24, 2.45) is 0 Å². The minimum Gasteiger partial charge on any atom is -0.469 e. The third-order valence-corrected chi connectivity index (χ3v) is 4.95. The second-order valence-electron chi connectivity index (χ2n) is 6.41. The number of hydrogen-bond donors (Lipinski definition) is 1. The largest absolute Gasteiger partial charge is 0.469 e. The van der Waals surface area contributed by atoms with Crippen LogP contribution in [0.15, 0.2) is 24.3 Å². The van der Waals surface area contributed by atoms with Gasteiger partial charge in [-0.25, -0.2) is 0 Å². The topological polar surface area (TPSA) is 58.6 Å².